The van der Waals surface area contributed by atoms with Crippen LogP contribution in [-0.2, 0) is 10.3 Å². The Morgan fingerprint density at radius 2 is 1.85 bits per heavy atom. The molecule has 1 atom stereocenters. The summed E-state index contributed by atoms with van der Waals surface area (Å²) < 4.78 is 10.5. The number of aromatic nitrogens is 2. The Morgan fingerprint density at radius 1 is 1.25 bits per heavy atom. The third-order valence-electron chi connectivity index (χ3n) is 3.27. The number of aryl methyl sites for hydroxylation is 3. The molecule has 5 nitrogen and oxygen atoms in total. The predicted octanol–water partition coefficient (Wildman–Crippen LogP) is 2.48. The smallest absolute Gasteiger partial charge is 0.258 e. The molecule has 1 heterocycles. The van der Waals surface area contributed by atoms with Gasteiger partial charge in [-0.15, -0.1) is 0 Å². The molecule has 0 spiro atoms. The van der Waals surface area contributed by atoms with Crippen LogP contribution in [-0.4, -0.2) is 23.9 Å². The third kappa shape index (κ3) is 2.73. The van der Waals surface area contributed by atoms with Gasteiger partial charge in [0.1, 0.15) is 5.54 Å². The Hall–Kier alpha value is -1.72. The maximum Gasteiger partial charge on any atom is 0.258 e. The first-order valence-corrected chi connectivity index (χ1v) is 6.55. The van der Waals surface area contributed by atoms with E-state index in [-0.39, 0.29) is 0 Å². The van der Waals surface area contributed by atoms with Crippen molar-refractivity contribution in [1.82, 2.24) is 10.1 Å². The monoisotopic (exact) mass is 275 g/mol. The minimum atomic E-state index is -0.761. The van der Waals surface area contributed by atoms with Gasteiger partial charge in [-0.3, -0.25) is 0 Å². The van der Waals surface area contributed by atoms with Gasteiger partial charge in [0.25, 0.3) is 5.89 Å². The molecular weight excluding hydrogens is 254 g/mol. The summed E-state index contributed by atoms with van der Waals surface area (Å²) in [5.41, 5.74) is 9.79. The van der Waals surface area contributed by atoms with Crippen LogP contribution >= 0.6 is 0 Å². The summed E-state index contributed by atoms with van der Waals surface area (Å²) in [5, 5.41) is 4.00. The average Bonchev–Trinajstić information content (AvgIpc) is 2.77. The highest BCUT2D eigenvalue weighted by Crippen LogP contribution is 2.28. The Labute approximate surface area is 119 Å². The fraction of sp³-hybridized carbons (Fsp3) is 0.467. The molecule has 0 aliphatic carbocycles. The molecule has 2 N–H and O–H groups in total. The number of hydrogen-bond donors (Lipinski definition) is 1. The van der Waals surface area contributed by atoms with Crippen molar-refractivity contribution in [2.75, 3.05) is 13.7 Å². The second-order valence-electron chi connectivity index (χ2n) is 5.55. The summed E-state index contributed by atoms with van der Waals surface area (Å²) in [6, 6.07) is 4.20. The van der Waals surface area contributed by atoms with Crippen LogP contribution in [0.4, 0.5) is 0 Å². The SMILES string of the molecule is COCC(C)(N)c1noc(-c2c(C)cc(C)cc2C)n1. The normalized spacial score (nSPS) is 14.3. The zero-order chi connectivity index (χ0) is 14.9. The Morgan fingerprint density at radius 3 is 2.40 bits per heavy atom. The highest BCUT2D eigenvalue weighted by molar-refractivity contribution is 5.63. The Kier molecular flexibility index (Phi) is 3.92. The number of rotatable bonds is 4. The highest BCUT2D eigenvalue weighted by atomic mass is 16.5. The molecule has 2 aromatic rings. The lowest BCUT2D eigenvalue weighted by Crippen LogP contribution is -2.38. The molecule has 1 aromatic carbocycles. The van der Waals surface area contributed by atoms with E-state index in [2.05, 4.69) is 29.2 Å². The lowest BCUT2D eigenvalue weighted by Gasteiger charge is -2.18. The number of nitrogens with zero attached hydrogens (tertiary/aromatic N) is 2. The van der Waals surface area contributed by atoms with Crippen molar-refractivity contribution in [3.8, 4) is 11.5 Å². The lowest BCUT2D eigenvalue weighted by atomic mass is 9.99. The summed E-state index contributed by atoms with van der Waals surface area (Å²) in [6.45, 7) is 8.29. The van der Waals surface area contributed by atoms with Crippen molar-refractivity contribution in [2.24, 2.45) is 5.73 Å². The van der Waals surface area contributed by atoms with E-state index in [1.165, 1.54) is 5.56 Å². The van der Waals surface area contributed by atoms with Gasteiger partial charge in [0, 0.05) is 12.7 Å². The molecule has 0 aliphatic rings. The van der Waals surface area contributed by atoms with E-state index in [9.17, 15) is 0 Å². The summed E-state index contributed by atoms with van der Waals surface area (Å²) >= 11 is 0. The molecule has 0 radical (unpaired) electrons. The van der Waals surface area contributed by atoms with E-state index in [1.807, 2.05) is 20.8 Å². The summed E-state index contributed by atoms with van der Waals surface area (Å²) in [5.74, 6) is 0.955. The summed E-state index contributed by atoms with van der Waals surface area (Å²) in [6.07, 6.45) is 0. The molecule has 1 aromatic heterocycles. The minimum absolute atomic E-state index is 0.331. The summed E-state index contributed by atoms with van der Waals surface area (Å²) in [7, 11) is 1.60. The number of methoxy groups -OCH3 is 1. The molecule has 20 heavy (non-hydrogen) atoms. The van der Waals surface area contributed by atoms with Gasteiger partial charge >= 0.3 is 0 Å². The zero-order valence-electron chi connectivity index (χ0n) is 12.7. The molecule has 0 saturated heterocycles. The first kappa shape index (κ1) is 14.7. The molecule has 1 unspecified atom stereocenters. The van der Waals surface area contributed by atoms with Crippen LogP contribution in [0, 0.1) is 20.8 Å². The van der Waals surface area contributed by atoms with Gasteiger partial charge in [0.2, 0.25) is 0 Å². The van der Waals surface area contributed by atoms with Crippen LogP contribution in [0.3, 0.4) is 0 Å². The van der Waals surface area contributed by atoms with Crippen LogP contribution < -0.4 is 5.73 Å². The van der Waals surface area contributed by atoms with Crippen LogP contribution in [0.2, 0.25) is 0 Å². The van der Waals surface area contributed by atoms with E-state index in [0.29, 0.717) is 18.3 Å². The molecule has 0 bridgehead atoms. The molecule has 0 fully saturated rings. The van der Waals surface area contributed by atoms with Crippen molar-refractivity contribution in [3.05, 3.63) is 34.6 Å². The van der Waals surface area contributed by atoms with Gasteiger partial charge in [0.15, 0.2) is 5.82 Å². The molecule has 5 heteroatoms. The Bertz CT molecular complexity index is 594. The standard InChI is InChI=1S/C15H21N3O2/c1-9-6-10(2)12(11(3)7-9)13-17-14(18-20-13)15(4,16)8-19-5/h6-7H,8,16H2,1-5H3. The van der Waals surface area contributed by atoms with Crippen LogP contribution in [0.5, 0.6) is 0 Å². The molecule has 2 rings (SSSR count). The van der Waals surface area contributed by atoms with Gasteiger partial charge in [0.05, 0.1) is 6.61 Å². The van der Waals surface area contributed by atoms with Crippen molar-refractivity contribution in [1.29, 1.82) is 0 Å². The van der Waals surface area contributed by atoms with Gasteiger partial charge in [-0.1, -0.05) is 22.9 Å². The third-order valence-corrected chi connectivity index (χ3v) is 3.27. The van der Waals surface area contributed by atoms with Crippen molar-refractivity contribution in [2.45, 2.75) is 33.2 Å². The van der Waals surface area contributed by atoms with Crippen LogP contribution in [0.15, 0.2) is 16.7 Å². The fourth-order valence-electron chi connectivity index (χ4n) is 2.44. The number of benzene rings is 1. The van der Waals surface area contributed by atoms with Crippen molar-refractivity contribution < 1.29 is 9.26 Å². The maximum absolute atomic E-state index is 6.13. The first-order chi connectivity index (χ1) is 9.35. The lowest BCUT2D eigenvalue weighted by molar-refractivity contribution is 0.135. The van der Waals surface area contributed by atoms with E-state index in [4.69, 9.17) is 15.0 Å². The number of hydrogen-bond acceptors (Lipinski definition) is 5. The summed E-state index contributed by atoms with van der Waals surface area (Å²) in [4.78, 5) is 4.44. The predicted molar refractivity (Wildman–Crippen MR) is 77.4 cm³/mol. The van der Waals surface area contributed by atoms with E-state index in [1.54, 1.807) is 7.11 Å². The van der Waals surface area contributed by atoms with Gasteiger partial charge in [-0.2, -0.15) is 4.98 Å². The number of ether oxygens (including phenoxy) is 1. The second-order valence-corrected chi connectivity index (χ2v) is 5.55. The molecule has 0 amide bonds. The van der Waals surface area contributed by atoms with Gasteiger partial charge in [-0.05, 0) is 38.8 Å². The first-order valence-electron chi connectivity index (χ1n) is 6.55. The van der Waals surface area contributed by atoms with Crippen LogP contribution in [0.25, 0.3) is 11.5 Å². The zero-order valence-corrected chi connectivity index (χ0v) is 12.7. The highest BCUT2D eigenvalue weighted by Gasteiger charge is 2.28. The van der Waals surface area contributed by atoms with Gasteiger partial charge < -0.3 is 15.0 Å². The molecule has 0 saturated carbocycles. The van der Waals surface area contributed by atoms with Gasteiger partial charge in [-0.25, -0.2) is 0 Å². The largest absolute Gasteiger partial charge is 0.382 e. The van der Waals surface area contributed by atoms with Crippen LogP contribution in [0.1, 0.15) is 29.4 Å². The Balaban J connectivity index is 2.44. The molecule has 108 valence electrons. The minimum Gasteiger partial charge on any atom is -0.382 e. The molecular formula is C15H21N3O2. The van der Waals surface area contributed by atoms with Crippen molar-refractivity contribution >= 4 is 0 Å². The topological polar surface area (TPSA) is 74.2 Å². The second kappa shape index (κ2) is 5.34. The fourth-order valence-corrected chi connectivity index (χ4v) is 2.44. The average molecular weight is 275 g/mol. The number of nitrogens with two attached hydrogens (primary N) is 1. The maximum atomic E-state index is 6.13. The van der Waals surface area contributed by atoms with E-state index >= 15 is 0 Å². The van der Waals surface area contributed by atoms with E-state index in [0.717, 1.165) is 16.7 Å². The molecule has 0 aliphatic heterocycles. The van der Waals surface area contributed by atoms with E-state index < -0.39 is 5.54 Å². The quantitative estimate of drug-likeness (QED) is 0.927. The van der Waals surface area contributed by atoms with Crippen molar-refractivity contribution in [3.63, 3.8) is 0 Å².